The first kappa shape index (κ1) is 23.2. The lowest BCUT2D eigenvalue weighted by Gasteiger charge is -2.23. The molecule has 1 aromatic heterocycles. The Balaban J connectivity index is 1.55. The summed E-state index contributed by atoms with van der Waals surface area (Å²) >= 11 is 0. The Morgan fingerprint density at radius 2 is 1.64 bits per heavy atom. The summed E-state index contributed by atoms with van der Waals surface area (Å²) in [5.41, 5.74) is 4.25. The summed E-state index contributed by atoms with van der Waals surface area (Å²) in [4.78, 5) is 41.6. The summed E-state index contributed by atoms with van der Waals surface area (Å²) in [5, 5.41) is 7.30. The Morgan fingerprint density at radius 1 is 0.944 bits per heavy atom. The highest BCUT2D eigenvalue weighted by Crippen LogP contribution is 2.29. The number of fused-ring (bicyclic) bond motifs is 1. The van der Waals surface area contributed by atoms with E-state index >= 15 is 0 Å². The summed E-state index contributed by atoms with van der Waals surface area (Å²) in [6, 6.07) is 24.8. The zero-order valence-corrected chi connectivity index (χ0v) is 20.1. The van der Waals surface area contributed by atoms with Gasteiger partial charge in [-0.3, -0.25) is 14.4 Å². The lowest BCUT2D eigenvalue weighted by Crippen LogP contribution is -2.40. The second-order valence-electron chi connectivity index (χ2n) is 8.92. The molecule has 1 atom stereocenters. The molecule has 2 heterocycles. The van der Waals surface area contributed by atoms with E-state index < -0.39 is 17.5 Å². The van der Waals surface area contributed by atoms with Crippen LogP contribution in [0.25, 0.3) is 11.3 Å². The molecule has 1 aliphatic heterocycles. The van der Waals surface area contributed by atoms with Crippen molar-refractivity contribution >= 4 is 23.2 Å². The van der Waals surface area contributed by atoms with Gasteiger partial charge in [-0.25, -0.2) is 4.68 Å². The molecule has 3 aromatic carbocycles. The van der Waals surface area contributed by atoms with Crippen molar-refractivity contribution in [2.75, 3.05) is 16.8 Å². The number of nitrogens with one attached hydrogen (secondary N) is 1. The highest BCUT2D eigenvalue weighted by atomic mass is 16.2. The van der Waals surface area contributed by atoms with Crippen molar-refractivity contribution in [3.8, 4) is 11.3 Å². The van der Waals surface area contributed by atoms with Gasteiger partial charge in [0.2, 0.25) is 0 Å². The van der Waals surface area contributed by atoms with Gasteiger partial charge in [0.05, 0.1) is 5.69 Å². The predicted molar refractivity (Wildman–Crippen MR) is 140 cm³/mol. The van der Waals surface area contributed by atoms with Crippen LogP contribution in [0.15, 0.2) is 89.7 Å². The SMILES string of the molecule is Cc1ccc(-c2cc(NC(=O)c3ccccc3)c(=O)n([C@@H](C)C(=O)N3CCc4ccccc43)n2)cc1. The number of aromatic nitrogens is 2. The minimum atomic E-state index is -0.874. The van der Waals surface area contributed by atoms with Crippen LogP contribution in [0.3, 0.4) is 0 Å². The van der Waals surface area contributed by atoms with Crippen LogP contribution in [-0.4, -0.2) is 28.1 Å². The van der Waals surface area contributed by atoms with Gasteiger partial charge in [0.25, 0.3) is 17.4 Å². The summed E-state index contributed by atoms with van der Waals surface area (Å²) in [7, 11) is 0. The van der Waals surface area contributed by atoms with Crippen LogP contribution < -0.4 is 15.8 Å². The average molecular weight is 479 g/mol. The van der Waals surface area contributed by atoms with Crippen LogP contribution in [0, 0.1) is 6.92 Å². The van der Waals surface area contributed by atoms with E-state index in [0.29, 0.717) is 17.8 Å². The second-order valence-corrected chi connectivity index (χ2v) is 8.92. The van der Waals surface area contributed by atoms with Gasteiger partial charge in [0.1, 0.15) is 11.7 Å². The summed E-state index contributed by atoms with van der Waals surface area (Å²) in [5.74, 6) is -0.635. The Labute approximate surface area is 209 Å². The van der Waals surface area contributed by atoms with Crippen molar-refractivity contribution in [1.82, 2.24) is 9.78 Å². The normalized spacial score (nSPS) is 13.2. The minimum absolute atomic E-state index is 0.0656. The average Bonchev–Trinajstić information content (AvgIpc) is 3.34. The third kappa shape index (κ3) is 4.43. The Morgan fingerprint density at radius 3 is 2.39 bits per heavy atom. The summed E-state index contributed by atoms with van der Waals surface area (Å²) < 4.78 is 1.18. The van der Waals surface area contributed by atoms with Crippen LogP contribution in [0.1, 0.15) is 34.5 Å². The third-order valence-corrected chi connectivity index (χ3v) is 6.44. The van der Waals surface area contributed by atoms with Gasteiger partial charge in [-0.2, -0.15) is 5.10 Å². The number of rotatable bonds is 5. The topological polar surface area (TPSA) is 84.3 Å². The number of aryl methyl sites for hydroxylation is 1. The highest BCUT2D eigenvalue weighted by molar-refractivity contribution is 6.04. The second kappa shape index (κ2) is 9.62. The first-order chi connectivity index (χ1) is 17.4. The van der Waals surface area contributed by atoms with Crippen molar-refractivity contribution < 1.29 is 9.59 Å². The molecule has 2 amide bonds. The molecule has 0 bridgehead atoms. The fourth-order valence-electron chi connectivity index (χ4n) is 4.41. The third-order valence-electron chi connectivity index (χ3n) is 6.44. The summed E-state index contributed by atoms with van der Waals surface area (Å²) in [6.07, 6.45) is 0.763. The molecule has 0 unspecified atom stereocenters. The maximum Gasteiger partial charge on any atom is 0.291 e. The van der Waals surface area contributed by atoms with Crippen molar-refractivity contribution in [3.63, 3.8) is 0 Å². The first-order valence-corrected chi connectivity index (χ1v) is 11.9. The van der Waals surface area contributed by atoms with Crippen molar-refractivity contribution in [2.24, 2.45) is 0 Å². The van der Waals surface area contributed by atoms with Crippen molar-refractivity contribution in [2.45, 2.75) is 26.3 Å². The molecule has 0 saturated heterocycles. The van der Waals surface area contributed by atoms with E-state index in [1.165, 1.54) is 4.68 Å². The largest absolute Gasteiger partial charge is 0.317 e. The quantitative estimate of drug-likeness (QED) is 0.454. The zero-order valence-electron chi connectivity index (χ0n) is 20.1. The van der Waals surface area contributed by atoms with E-state index in [9.17, 15) is 14.4 Å². The Kier molecular flexibility index (Phi) is 6.21. The predicted octanol–water partition coefficient (Wildman–Crippen LogP) is 4.62. The molecule has 36 heavy (non-hydrogen) atoms. The first-order valence-electron chi connectivity index (χ1n) is 11.9. The molecule has 5 rings (SSSR count). The molecular formula is C29H26N4O3. The van der Waals surface area contributed by atoms with Gasteiger partial charge < -0.3 is 10.2 Å². The van der Waals surface area contributed by atoms with Crippen LogP contribution in [-0.2, 0) is 11.2 Å². The Hall–Kier alpha value is -4.52. The number of carbonyl (C=O) groups is 2. The van der Waals surface area contributed by atoms with Crippen LogP contribution in [0.5, 0.6) is 0 Å². The number of amides is 2. The minimum Gasteiger partial charge on any atom is -0.317 e. The number of benzene rings is 3. The van der Waals surface area contributed by atoms with E-state index in [-0.39, 0.29) is 11.6 Å². The molecule has 1 N–H and O–H groups in total. The van der Waals surface area contributed by atoms with Gasteiger partial charge >= 0.3 is 0 Å². The van der Waals surface area contributed by atoms with E-state index in [4.69, 9.17) is 0 Å². The number of carbonyl (C=O) groups excluding carboxylic acids is 2. The number of hydrogen-bond donors (Lipinski definition) is 1. The number of para-hydroxylation sites is 1. The molecule has 0 fully saturated rings. The monoisotopic (exact) mass is 478 g/mol. The van der Waals surface area contributed by atoms with Gasteiger partial charge in [-0.05, 0) is 50.1 Å². The molecule has 0 radical (unpaired) electrons. The molecular weight excluding hydrogens is 452 g/mol. The molecule has 0 saturated carbocycles. The lowest BCUT2D eigenvalue weighted by atomic mass is 10.1. The van der Waals surface area contributed by atoms with Crippen LogP contribution in [0.2, 0.25) is 0 Å². The van der Waals surface area contributed by atoms with Gasteiger partial charge in [-0.1, -0.05) is 66.2 Å². The van der Waals surface area contributed by atoms with E-state index in [2.05, 4.69) is 10.4 Å². The van der Waals surface area contributed by atoms with Gasteiger partial charge in [0.15, 0.2) is 0 Å². The maximum absolute atomic E-state index is 13.5. The van der Waals surface area contributed by atoms with E-state index in [1.807, 2.05) is 61.5 Å². The van der Waals surface area contributed by atoms with E-state index in [0.717, 1.165) is 28.8 Å². The number of nitrogens with zero attached hydrogens (tertiary/aromatic N) is 3. The molecule has 0 spiro atoms. The Bertz CT molecular complexity index is 1490. The van der Waals surface area contributed by atoms with Crippen LogP contribution >= 0.6 is 0 Å². The standard InChI is InChI=1S/C29H26N4O3/c1-19-12-14-21(15-13-19)24-18-25(30-27(34)23-9-4-3-5-10-23)29(36)33(31-24)20(2)28(35)32-17-16-22-8-6-7-11-26(22)32/h3-15,18,20H,16-17H2,1-2H3,(H,30,34)/t20-/m0/s1. The molecule has 1 aliphatic rings. The molecule has 0 aliphatic carbocycles. The zero-order chi connectivity index (χ0) is 25.2. The fourth-order valence-corrected chi connectivity index (χ4v) is 4.41. The molecule has 7 nitrogen and oxygen atoms in total. The smallest absolute Gasteiger partial charge is 0.291 e. The number of hydrogen-bond acceptors (Lipinski definition) is 4. The van der Waals surface area contributed by atoms with Gasteiger partial charge in [-0.15, -0.1) is 0 Å². The molecule has 180 valence electrons. The number of anilines is 2. The van der Waals surface area contributed by atoms with Crippen molar-refractivity contribution in [1.29, 1.82) is 0 Å². The van der Waals surface area contributed by atoms with Gasteiger partial charge in [0, 0.05) is 23.4 Å². The maximum atomic E-state index is 13.5. The van der Waals surface area contributed by atoms with Crippen LogP contribution in [0.4, 0.5) is 11.4 Å². The van der Waals surface area contributed by atoms with Crippen molar-refractivity contribution in [3.05, 3.63) is 112 Å². The lowest BCUT2D eigenvalue weighted by molar-refractivity contribution is -0.121. The fraction of sp³-hybridized carbons (Fsp3) is 0.172. The highest BCUT2D eigenvalue weighted by Gasteiger charge is 2.30. The van der Waals surface area contributed by atoms with E-state index in [1.54, 1.807) is 42.2 Å². The molecule has 4 aromatic rings. The molecule has 7 heteroatoms. The summed E-state index contributed by atoms with van der Waals surface area (Å²) in [6.45, 7) is 4.20.